The standard InChI is InChI=1S/C27H29ClN2O3/c1-19-13-15-30(16-14-19)24-6-4-3-5-23(24)29-27(31)21-9-12-25(26(17-21)32-2)33-18-20-7-10-22(28)11-8-20/h3-12,17,19H,13-16,18H2,1-2H3,(H,29,31). The van der Waals surface area contributed by atoms with Crippen LogP contribution in [0.3, 0.4) is 0 Å². The lowest BCUT2D eigenvalue weighted by molar-refractivity contribution is 0.102. The summed E-state index contributed by atoms with van der Waals surface area (Å²) in [6.07, 6.45) is 2.33. The third-order valence-corrected chi connectivity index (χ3v) is 6.26. The lowest BCUT2D eigenvalue weighted by Gasteiger charge is -2.33. The van der Waals surface area contributed by atoms with Crippen molar-refractivity contribution in [2.75, 3.05) is 30.4 Å². The van der Waals surface area contributed by atoms with Gasteiger partial charge in [-0.15, -0.1) is 0 Å². The fraction of sp³-hybridized carbons (Fsp3) is 0.296. The Morgan fingerprint density at radius 3 is 2.48 bits per heavy atom. The lowest BCUT2D eigenvalue weighted by atomic mass is 9.98. The van der Waals surface area contributed by atoms with Gasteiger partial charge in [0.25, 0.3) is 5.91 Å². The predicted molar refractivity (Wildman–Crippen MR) is 134 cm³/mol. The van der Waals surface area contributed by atoms with Crippen molar-refractivity contribution >= 4 is 28.9 Å². The average molecular weight is 465 g/mol. The monoisotopic (exact) mass is 464 g/mol. The number of nitrogens with one attached hydrogen (secondary N) is 1. The molecule has 1 heterocycles. The number of halogens is 1. The molecule has 0 atom stereocenters. The molecule has 1 N–H and O–H groups in total. The molecule has 0 unspecified atom stereocenters. The van der Waals surface area contributed by atoms with Crippen molar-refractivity contribution in [3.05, 3.63) is 82.9 Å². The first-order valence-corrected chi connectivity index (χ1v) is 11.6. The van der Waals surface area contributed by atoms with Crippen LogP contribution in [0.1, 0.15) is 35.7 Å². The van der Waals surface area contributed by atoms with Gasteiger partial charge in [-0.1, -0.05) is 42.8 Å². The molecule has 5 nitrogen and oxygen atoms in total. The Morgan fingerprint density at radius 1 is 1.03 bits per heavy atom. The molecule has 1 aliphatic rings. The van der Waals surface area contributed by atoms with Crippen LogP contribution in [0, 0.1) is 5.92 Å². The summed E-state index contributed by atoms with van der Waals surface area (Å²) in [7, 11) is 1.57. The van der Waals surface area contributed by atoms with Crippen LogP contribution in [0.5, 0.6) is 11.5 Å². The summed E-state index contributed by atoms with van der Waals surface area (Å²) < 4.78 is 11.4. The Hall–Kier alpha value is -3.18. The number of methoxy groups -OCH3 is 1. The molecule has 1 aliphatic heterocycles. The van der Waals surface area contributed by atoms with Gasteiger partial charge in [0, 0.05) is 23.7 Å². The van der Waals surface area contributed by atoms with E-state index < -0.39 is 0 Å². The summed E-state index contributed by atoms with van der Waals surface area (Å²) in [6, 6.07) is 20.7. The van der Waals surface area contributed by atoms with Gasteiger partial charge < -0.3 is 19.7 Å². The van der Waals surface area contributed by atoms with E-state index in [1.54, 1.807) is 25.3 Å². The van der Waals surface area contributed by atoms with Crippen LogP contribution in [0.4, 0.5) is 11.4 Å². The molecule has 6 heteroatoms. The van der Waals surface area contributed by atoms with Crippen LogP contribution in [-0.4, -0.2) is 26.1 Å². The van der Waals surface area contributed by atoms with Crippen LogP contribution in [0.25, 0.3) is 0 Å². The molecule has 0 aliphatic carbocycles. The zero-order valence-corrected chi connectivity index (χ0v) is 19.8. The minimum atomic E-state index is -0.185. The van der Waals surface area contributed by atoms with E-state index in [0.29, 0.717) is 28.7 Å². The number of carbonyl (C=O) groups is 1. The molecule has 0 bridgehead atoms. The number of nitrogens with zero attached hydrogens (tertiary/aromatic N) is 1. The number of benzene rings is 3. The topological polar surface area (TPSA) is 50.8 Å². The number of carbonyl (C=O) groups excluding carboxylic acids is 1. The van der Waals surface area contributed by atoms with Gasteiger partial charge in [0.05, 0.1) is 18.5 Å². The molecule has 1 amide bonds. The molecule has 33 heavy (non-hydrogen) atoms. The zero-order valence-electron chi connectivity index (χ0n) is 19.0. The highest BCUT2D eigenvalue weighted by molar-refractivity contribution is 6.30. The summed E-state index contributed by atoms with van der Waals surface area (Å²) in [5, 5.41) is 3.76. The maximum absolute atomic E-state index is 13.1. The van der Waals surface area contributed by atoms with Crippen molar-refractivity contribution in [3.8, 4) is 11.5 Å². The molecule has 3 aromatic carbocycles. The van der Waals surface area contributed by atoms with Crippen molar-refractivity contribution in [1.29, 1.82) is 0 Å². The van der Waals surface area contributed by atoms with Crippen LogP contribution < -0.4 is 19.7 Å². The average Bonchev–Trinajstić information content (AvgIpc) is 2.84. The number of rotatable bonds is 7. The summed E-state index contributed by atoms with van der Waals surface area (Å²) in [5.41, 5.74) is 3.38. The molecule has 3 aromatic rings. The number of hydrogen-bond donors (Lipinski definition) is 1. The minimum Gasteiger partial charge on any atom is -0.493 e. The third kappa shape index (κ3) is 5.79. The fourth-order valence-electron chi connectivity index (χ4n) is 3.97. The number of ether oxygens (including phenoxy) is 2. The second kappa shape index (κ2) is 10.6. The van der Waals surface area contributed by atoms with Crippen LogP contribution >= 0.6 is 11.6 Å². The summed E-state index contributed by atoms with van der Waals surface area (Å²) in [5.74, 6) is 1.65. The van der Waals surface area contributed by atoms with Gasteiger partial charge in [0.1, 0.15) is 6.61 Å². The van der Waals surface area contributed by atoms with E-state index in [0.717, 1.165) is 48.8 Å². The fourth-order valence-corrected chi connectivity index (χ4v) is 4.09. The van der Waals surface area contributed by atoms with Crippen LogP contribution in [0.2, 0.25) is 5.02 Å². The lowest BCUT2D eigenvalue weighted by Crippen LogP contribution is -2.33. The first kappa shape index (κ1) is 23.0. The van der Waals surface area contributed by atoms with Crippen molar-refractivity contribution in [2.45, 2.75) is 26.4 Å². The van der Waals surface area contributed by atoms with Gasteiger partial charge in [-0.25, -0.2) is 0 Å². The maximum atomic E-state index is 13.1. The molecule has 172 valence electrons. The van der Waals surface area contributed by atoms with E-state index in [1.165, 1.54) is 0 Å². The van der Waals surface area contributed by atoms with E-state index in [1.807, 2.05) is 42.5 Å². The molecule has 0 radical (unpaired) electrons. The smallest absolute Gasteiger partial charge is 0.255 e. The molecule has 1 saturated heterocycles. The molecular weight excluding hydrogens is 436 g/mol. The molecular formula is C27H29ClN2O3. The normalized spacial score (nSPS) is 14.1. The van der Waals surface area contributed by atoms with Gasteiger partial charge in [-0.2, -0.15) is 0 Å². The van der Waals surface area contributed by atoms with E-state index in [-0.39, 0.29) is 5.91 Å². The van der Waals surface area contributed by atoms with Crippen molar-refractivity contribution in [3.63, 3.8) is 0 Å². The second-order valence-corrected chi connectivity index (χ2v) is 8.86. The summed E-state index contributed by atoms with van der Waals surface area (Å²) in [6.45, 7) is 4.67. The van der Waals surface area contributed by atoms with Crippen molar-refractivity contribution in [2.24, 2.45) is 5.92 Å². The van der Waals surface area contributed by atoms with E-state index in [9.17, 15) is 4.79 Å². The number of para-hydroxylation sites is 2. The van der Waals surface area contributed by atoms with Gasteiger partial charge in [-0.3, -0.25) is 4.79 Å². The maximum Gasteiger partial charge on any atom is 0.255 e. The van der Waals surface area contributed by atoms with Gasteiger partial charge >= 0.3 is 0 Å². The highest BCUT2D eigenvalue weighted by Gasteiger charge is 2.19. The van der Waals surface area contributed by atoms with Crippen LogP contribution in [-0.2, 0) is 6.61 Å². The highest BCUT2D eigenvalue weighted by atomic mass is 35.5. The Labute approximate surface area is 200 Å². The van der Waals surface area contributed by atoms with Gasteiger partial charge in [-0.05, 0) is 66.8 Å². The Kier molecular flexibility index (Phi) is 7.40. The molecule has 1 fully saturated rings. The molecule has 0 aromatic heterocycles. The Bertz CT molecular complexity index is 1090. The number of piperidine rings is 1. The highest BCUT2D eigenvalue weighted by Crippen LogP contribution is 2.32. The SMILES string of the molecule is COc1cc(C(=O)Nc2ccccc2N2CCC(C)CC2)ccc1OCc1ccc(Cl)cc1. The summed E-state index contributed by atoms with van der Waals surface area (Å²) >= 11 is 5.94. The molecule has 0 spiro atoms. The predicted octanol–water partition coefficient (Wildman–Crippen LogP) is 6.42. The van der Waals surface area contributed by atoms with Gasteiger partial charge in [0.15, 0.2) is 11.5 Å². The zero-order chi connectivity index (χ0) is 23.2. The van der Waals surface area contributed by atoms with Crippen LogP contribution in [0.15, 0.2) is 66.7 Å². The first-order chi connectivity index (χ1) is 16.0. The molecule has 4 rings (SSSR count). The second-order valence-electron chi connectivity index (χ2n) is 8.42. The van der Waals surface area contributed by atoms with E-state index in [4.69, 9.17) is 21.1 Å². The minimum absolute atomic E-state index is 0.185. The summed E-state index contributed by atoms with van der Waals surface area (Å²) in [4.78, 5) is 15.4. The van der Waals surface area contributed by atoms with Gasteiger partial charge in [0.2, 0.25) is 0 Å². The Morgan fingerprint density at radius 2 is 1.76 bits per heavy atom. The van der Waals surface area contributed by atoms with Crippen molar-refractivity contribution < 1.29 is 14.3 Å². The molecule has 0 saturated carbocycles. The number of anilines is 2. The number of amides is 1. The van der Waals surface area contributed by atoms with Crippen molar-refractivity contribution in [1.82, 2.24) is 0 Å². The Balaban J connectivity index is 1.46. The largest absolute Gasteiger partial charge is 0.493 e. The van der Waals surface area contributed by atoms with E-state index >= 15 is 0 Å². The first-order valence-electron chi connectivity index (χ1n) is 11.2. The van der Waals surface area contributed by atoms with E-state index in [2.05, 4.69) is 23.2 Å². The quantitative estimate of drug-likeness (QED) is 0.438. The third-order valence-electron chi connectivity index (χ3n) is 6.01. The number of hydrogen-bond acceptors (Lipinski definition) is 4.